The minimum absolute atomic E-state index is 0.365. The van der Waals surface area contributed by atoms with E-state index in [0.717, 1.165) is 30.6 Å². The number of carbonyl (C=O) groups is 1. The molecule has 3 aliphatic carbocycles. The van der Waals surface area contributed by atoms with Crippen molar-refractivity contribution >= 4 is 5.78 Å². The van der Waals surface area contributed by atoms with Gasteiger partial charge in [0.15, 0.2) is 0 Å². The van der Waals surface area contributed by atoms with Crippen molar-refractivity contribution in [1.82, 2.24) is 0 Å². The van der Waals surface area contributed by atoms with E-state index in [0.29, 0.717) is 29.5 Å². The van der Waals surface area contributed by atoms with Crippen LogP contribution in [0, 0.1) is 29.6 Å². The first-order valence-electron chi connectivity index (χ1n) is 17.2. The molecule has 3 atom stereocenters. The van der Waals surface area contributed by atoms with Crippen LogP contribution in [0.25, 0.3) is 0 Å². The zero-order chi connectivity index (χ0) is 26.7. The van der Waals surface area contributed by atoms with Crippen LogP contribution in [-0.4, -0.2) is 5.78 Å². The Morgan fingerprint density at radius 2 is 1.32 bits per heavy atom. The van der Waals surface area contributed by atoms with Crippen LogP contribution in [0.2, 0.25) is 0 Å². The molecule has 38 heavy (non-hydrogen) atoms. The van der Waals surface area contributed by atoms with E-state index in [4.69, 9.17) is 0 Å². The first kappa shape index (κ1) is 29.9. The molecule has 3 fully saturated rings. The maximum absolute atomic E-state index is 13.5. The lowest BCUT2D eigenvalue weighted by Gasteiger charge is -2.38. The first-order valence-corrected chi connectivity index (χ1v) is 17.2. The van der Waals surface area contributed by atoms with Crippen molar-refractivity contribution in [3.63, 3.8) is 0 Å². The van der Waals surface area contributed by atoms with Crippen LogP contribution >= 0.6 is 0 Å². The molecule has 1 unspecified atom stereocenters. The quantitative estimate of drug-likeness (QED) is 0.236. The number of hydrogen-bond acceptors (Lipinski definition) is 1. The van der Waals surface area contributed by atoms with E-state index in [2.05, 4.69) is 45.0 Å². The number of ketones is 1. The second-order valence-electron chi connectivity index (χ2n) is 14.0. The summed E-state index contributed by atoms with van der Waals surface area (Å²) in [5.41, 5.74) is 3.13. The lowest BCUT2D eigenvalue weighted by Crippen LogP contribution is -2.32. The van der Waals surface area contributed by atoms with Crippen LogP contribution in [0.5, 0.6) is 0 Å². The van der Waals surface area contributed by atoms with E-state index in [1.165, 1.54) is 121 Å². The normalized spacial score (nSPS) is 31.3. The topological polar surface area (TPSA) is 17.1 Å². The fourth-order valence-electron chi connectivity index (χ4n) is 8.59. The van der Waals surface area contributed by atoms with Crippen molar-refractivity contribution in [3.8, 4) is 0 Å². The predicted molar refractivity (Wildman–Crippen MR) is 164 cm³/mol. The molecule has 1 nitrogen and oxygen atoms in total. The molecule has 214 valence electrons. The molecular formula is C37H60O. The summed E-state index contributed by atoms with van der Waals surface area (Å²) in [7, 11) is 0. The Kier molecular flexibility index (Phi) is 12.3. The third kappa shape index (κ3) is 8.44. The second kappa shape index (κ2) is 15.6. The SMILES string of the molecule is CCCCCCCCC1CCC([C@@H]2CC[C@@H](c3ccccc3[C@H]3CC[C@H](CC(C)CC)CC3)CC2=O)CC1. The predicted octanol–water partition coefficient (Wildman–Crippen LogP) is 11.4. The Morgan fingerprint density at radius 3 is 1.97 bits per heavy atom. The monoisotopic (exact) mass is 520 g/mol. The van der Waals surface area contributed by atoms with Gasteiger partial charge in [0.1, 0.15) is 5.78 Å². The minimum Gasteiger partial charge on any atom is -0.299 e. The van der Waals surface area contributed by atoms with Gasteiger partial charge in [0.25, 0.3) is 0 Å². The Balaban J connectivity index is 1.23. The van der Waals surface area contributed by atoms with Crippen LogP contribution in [-0.2, 0) is 4.79 Å². The molecular weight excluding hydrogens is 460 g/mol. The number of Topliss-reactive ketones (excluding diaryl/α,β-unsaturated/α-hetero) is 1. The molecule has 0 bridgehead atoms. The van der Waals surface area contributed by atoms with Crippen molar-refractivity contribution in [1.29, 1.82) is 0 Å². The molecule has 0 amide bonds. The third-order valence-corrected chi connectivity index (χ3v) is 11.3. The van der Waals surface area contributed by atoms with Crippen molar-refractivity contribution in [2.45, 2.75) is 161 Å². The third-order valence-electron chi connectivity index (χ3n) is 11.3. The van der Waals surface area contributed by atoms with Gasteiger partial charge in [0.05, 0.1) is 0 Å². The molecule has 4 rings (SSSR count). The highest BCUT2D eigenvalue weighted by molar-refractivity contribution is 5.83. The molecule has 0 N–H and O–H groups in total. The van der Waals surface area contributed by atoms with E-state index >= 15 is 0 Å². The van der Waals surface area contributed by atoms with E-state index in [1.807, 2.05) is 0 Å². The van der Waals surface area contributed by atoms with Crippen molar-refractivity contribution in [2.75, 3.05) is 0 Å². The van der Waals surface area contributed by atoms with Crippen molar-refractivity contribution in [2.24, 2.45) is 29.6 Å². The summed E-state index contributed by atoms with van der Waals surface area (Å²) in [5, 5.41) is 0. The molecule has 3 aliphatic rings. The van der Waals surface area contributed by atoms with E-state index in [-0.39, 0.29) is 0 Å². The number of rotatable bonds is 13. The summed E-state index contributed by atoms with van der Waals surface area (Å²) in [6.07, 6.45) is 26.8. The summed E-state index contributed by atoms with van der Waals surface area (Å²) in [4.78, 5) is 13.5. The summed E-state index contributed by atoms with van der Waals surface area (Å²) in [6.45, 7) is 7.07. The molecule has 0 aliphatic heterocycles. The van der Waals surface area contributed by atoms with Gasteiger partial charge in [0, 0.05) is 12.3 Å². The molecule has 0 aromatic heterocycles. The number of hydrogen-bond donors (Lipinski definition) is 0. The largest absolute Gasteiger partial charge is 0.299 e. The maximum atomic E-state index is 13.5. The Labute approximate surface area is 236 Å². The maximum Gasteiger partial charge on any atom is 0.136 e. The summed E-state index contributed by atoms with van der Waals surface area (Å²) >= 11 is 0. The van der Waals surface area contributed by atoms with Gasteiger partial charge < -0.3 is 0 Å². The summed E-state index contributed by atoms with van der Waals surface area (Å²) in [5.74, 6) is 5.59. The zero-order valence-electron chi connectivity index (χ0n) is 25.4. The van der Waals surface area contributed by atoms with Gasteiger partial charge in [-0.25, -0.2) is 0 Å². The van der Waals surface area contributed by atoms with Crippen LogP contribution in [0.3, 0.4) is 0 Å². The fraction of sp³-hybridized carbons (Fsp3) is 0.811. The van der Waals surface area contributed by atoms with Crippen LogP contribution in [0.4, 0.5) is 0 Å². The average Bonchev–Trinajstić information content (AvgIpc) is 2.95. The summed E-state index contributed by atoms with van der Waals surface area (Å²) < 4.78 is 0. The summed E-state index contributed by atoms with van der Waals surface area (Å²) in [6, 6.07) is 9.28. The molecule has 0 radical (unpaired) electrons. The zero-order valence-corrected chi connectivity index (χ0v) is 25.4. The second-order valence-corrected chi connectivity index (χ2v) is 14.0. The Bertz CT molecular complexity index is 810. The number of benzene rings is 1. The van der Waals surface area contributed by atoms with Gasteiger partial charge in [-0.1, -0.05) is 109 Å². The molecule has 3 saturated carbocycles. The molecule has 1 aromatic rings. The van der Waals surface area contributed by atoms with E-state index in [9.17, 15) is 4.79 Å². The smallest absolute Gasteiger partial charge is 0.136 e. The molecule has 0 spiro atoms. The highest BCUT2D eigenvalue weighted by Crippen LogP contribution is 2.46. The van der Waals surface area contributed by atoms with Crippen LogP contribution in [0.1, 0.15) is 172 Å². The molecule has 1 aromatic carbocycles. The van der Waals surface area contributed by atoms with E-state index in [1.54, 1.807) is 5.56 Å². The lowest BCUT2D eigenvalue weighted by atomic mass is 9.66. The van der Waals surface area contributed by atoms with Gasteiger partial charge in [-0.3, -0.25) is 4.79 Å². The fourth-order valence-corrected chi connectivity index (χ4v) is 8.59. The van der Waals surface area contributed by atoms with Crippen LogP contribution < -0.4 is 0 Å². The van der Waals surface area contributed by atoms with Crippen molar-refractivity contribution < 1.29 is 4.79 Å². The minimum atomic E-state index is 0.365. The number of unbranched alkanes of at least 4 members (excludes halogenated alkanes) is 5. The van der Waals surface area contributed by atoms with E-state index < -0.39 is 0 Å². The number of carbonyl (C=O) groups excluding carboxylic acids is 1. The van der Waals surface area contributed by atoms with Crippen LogP contribution in [0.15, 0.2) is 24.3 Å². The highest BCUT2D eigenvalue weighted by Gasteiger charge is 2.37. The van der Waals surface area contributed by atoms with Gasteiger partial charge in [-0.2, -0.15) is 0 Å². The molecule has 0 heterocycles. The molecule has 0 saturated heterocycles. The van der Waals surface area contributed by atoms with Crippen molar-refractivity contribution in [3.05, 3.63) is 35.4 Å². The lowest BCUT2D eigenvalue weighted by molar-refractivity contribution is -0.127. The Hall–Kier alpha value is -1.11. The Morgan fingerprint density at radius 1 is 0.711 bits per heavy atom. The highest BCUT2D eigenvalue weighted by atomic mass is 16.1. The standard InChI is InChI=1S/C37H60O/c1-4-6-7-8-9-10-13-29-16-20-32(21-17-29)36-25-24-33(27-37(36)38)35-15-12-11-14-34(35)31-22-18-30(19-23-31)26-28(3)5-2/h11-12,14-15,28-33,36H,4-10,13,16-27H2,1-3H3/t28?,29?,30-,31-,32?,33-,36+/m1/s1. The van der Waals surface area contributed by atoms with Gasteiger partial charge in [-0.15, -0.1) is 0 Å². The van der Waals surface area contributed by atoms with Gasteiger partial charge in [0.2, 0.25) is 0 Å². The van der Waals surface area contributed by atoms with Gasteiger partial charge >= 0.3 is 0 Å². The first-order chi connectivity index (χ1) is 18.6. The van der Waals surface area contributed by atoms with Gasteiger partial charge in [-0.05, 0) is 104 Å². The molecule has 1 heteroatoms. The average molecular weight is 521 g/mol.